The third-order valence-corrected chi connectivity index (χ3v) is 3.53. The van der Waals surface area contributed by atoms with Crippen LogP contribution in [-0.4, -0.2) is 21.8 Å². The zero-order chi connectivity index (χ0) is 13.7. The molecule has 0 fully saturated rings. The molecule has 0 saturated carbocycles. The van der Waals surface area contributed by atoms with Gasteiger partial charge in [0.1, 0.15) is 0 Å². The molecule has 4 nitrogen and oxygen atoms in total. The second-order valence-corrected chi connectivity index (χ2v) is 4.83. The summed E-state index contributed by atoms with van der Waals surface area (Å²) < 4.78 is 1.85. The highest BCUT2D eigenvalue weighted by molar-refractivity contribution is 5.27. The van der Waals surface area contributed by atoms with E-state index in [2.05, 4.69) is 34.6 Å². The Morgan fingerprint density at radius 2 is 2.21 bits per heavy atom. The summed E-state index contributed by atoms with van der Waals surface area (Å²) in [5.74, 6) is 0. The average molecular weight is 258 g/mol. The van der Waals surface area contributed by atoms with Gasteiger partial charge in [0, 0.05) is 31.7 Å². The van der Waals surface area contributed by atoms with Crippen molar-refractivity contribution in [1.29, 1.82) is 0 Å². The Hall–Kier alpha value is -1.68. The first-order chi connectivity index (χ1) is 9.24. The molecule has 1 atom stereocenters. The molecule has 0 saturated heterocycles. The molecule has 0 spiro atoms. The lowest BCUT2D eigenvalue weighted by molar-refractivity contribution is 0.544. The van der Waals surface area contributed by atoms with Gasteiger partial charge < -0.3 is 5.32 Å². The maximum absolute atomic E-state index is 4.21. The van der Waals surface area contributed by atoms with Crippen molar-refractivity contribution in [2.75, 3.05) is 7.05 Å². The van der Waals surface area contributed by atoms with Gasteiger partial charge >= 0.3 is 0 Å². The van der Waals surface area contributed by atoms with Crippen molar-refractivity contribution >= 4 is 0 Å². The molecule has 0 aliphatic carbocycles. The standard InChI is InChI=1S/C15H22N4/c1-4-13-10-17-8-7-14(13)15(16-2)6-5-12-9-18-19(3)11-12/h7-11,15-16H,4-6H2,1-3H3. The molecule has 0 aromatic carbocycles. The summed E-state index contributed by atoms with van der Waals surface area (Å²) in [5.41, 5.74) is 3.98. The summed E-state index contributed by atoms with van der Waals surface area (Å²) in [6, 6.07) is 2.50. The largest absolute Gasteiger partial charge is 0.313 e. The monoisotopic (exact) mass is 258 g/mol. The first kappa shape index (κ1) is 13.7. The Morgan fingerprint density at radius 1 is 1.37 bits per heavy atom. The molecule has 2 rings (SSSR count). The molecule has 0 radical (unpaired) electrons. The van der Waals surface area contributed by atoms with Crippen molar-refractivity contribution in [3.63, 3.8) is 0 Å². The van der Waals surface area contributed by atoms with Crippen LogP contribution in [0.25, 0.3) is 0 Å². The van der Waals surface area contributed by atoms with Crippen LogP contribution in [0.15, 0.2) is 30.9 Å². The number of hydrogen-bond donors (Lipinski definition) is 1. The highest BCUT2D eigenvalue weighted by atomic mass is 15.2. The zero-order valence-corrected chi connectivity index (χ0v) is 11.9. The van der Waals surface area contributed by atoms with Crippen molar-refractivity contribution in [1.82, 2.24) is 20.1 Å². The van der Waals surface area contributed by atoms with Crippen LogP contribution in [0.5, 0.6) is 0 Å². The Balaban J connectivity index is 2.07. The minimum absolute atomic E-state index is 0.373. The van der Waals surface area contributed by atoms with E-state index in [9.17, 15) is 0 Å². The highest BCUT2D eigenvalue weighted by Crippen LogP contribution is 2.22. The summed E-state index contributed by atoms with van der Waals surface area (Å²) in [6.45, 7) is 2.17. The summed E-state index contributed by atoms with van der Waals surface area (Å²) >= 11 is 0. The Morgan fingerprint density at radius 3 is 2.84 bits per heavy atom. The maximum atomic E-state index is 4.21. The van der Waals surface area contributed by atoms with Crippen molar-refractivity contribution in [2.24, 2.45) is 7.05 Å². The Kier molecular flexibility index (Phi) is 4.68. The van der Waals surface area contributed by atoms with E-state index in [1.54, 1.807) is 0 Å². The predicted octanol–water partition coefficient (Wildman–Crippen LogP) is 2.27. The number of pyridine rings is 1. The number of rotatable bonds is 6. The molecule has 0 bridgehead atoms. The van der Waals surface area contributed by atoms with E-state index in [1.165, 1.54) is 16.7 Å². The average Bonchev–Trinajstić information content (AvgIpc) is 2.86. The second-order valence-electron chi connectivity index (χ2n) is 4.83. The van der Waals surface area contributed by atoms with Crippen molar-refractivity contribution in [3.05, 3.63) is 47.5 Å². The lowest BCUT2D eigenvalue weighted by Crippen LogP contribution is -2.18. The van der Waals surface area contributed by atoms with Crippen LogP contribution in [0.1, 0.15) is 36.1 Å². The molecular weight excluding hydrogens is 236 g/mol. The number of aromatic nitrogens is 3. The summed E-state index contributed by atoms with van der Waals surface area (Å²) in [6.07, 6.45) is 11.0. The number of hydrogen-bond acceptors (Lipinski definition) is 3. The van der Waals surface area contributed by atoms with Crippen LogP contribution in [0.2, 0.25) is 0 Å². The van der Waals surface area contributed by atoms with E-state index in [-0.39, 0.29) is 0 Å². The van der Waals surface area contributed by atoms with Crippen LogP contribution in [0.3, 0.4) is 0 Å². The fourth-order valence-electron chi connectivity index (χ4n) is 2.44. The molecule has 2 aromatic heterocycles. The van der Waals surface area contributed by atoms with Crippen molar-refractivity contribution in [2.45, 2.75) is 32.2 Å². The molecule has 0 amide bonds. The fraction of sp³-hybridized carbons (Fsp3) is 0.467. The Labute approximate surface area is 114 Å². The third-order valence-electron chi connectivity index (χ3n) is 3.53. The highest BCUT2D eigenvalue weighted by Gasteiger charge is 2.13. The van der Waals surface area contributed by atoms with E-state index in [1.807, 2.05) is 37.4 Å². The smallest absolute Gasteiger partial charge is 0.0521 e. The second kappa shape index (κ2) is 6.48. The summed E-state index contributed by atoms with van der Waals surface area (Å²) in [7, 11) is 3.98. The lowest BCUT2D eigenvalue weighted by atomic mass is 9.96. The lowest BCUT2D eigenvalue weighted by Gasteiger charge is -2.19. The number of nitrogens with one attached hydrogen (secondary N) is 1. The van der Waals surface area contributed by atoms with Gasteiger partial charge in [0.2, 0.25) is 0 Å². The predicted molar refractivity (Wildman–Crippen MR) is 76.9 cm³/mol. The van der Waals surface area contributed by atoms with E-state index in [0.29, 0.717) is 6.04 Å². The van der Waals surface area contributed by atoms with E-state index in [4.69, 9.17) is 0 Å². The van der Waals surface area contributed by atoms with Crippen molar-refractivity contribution < 1.29 is 0 Å². The van der Waals surface area contributed by atoms with Gasteiger partial charge in [0.25, 0.3) is 0 Å². The first-order valence-electron chi connectivity index (χ1n) is 6.82. The maximum Gasteiger partial charge on any atom is 0.0521 e. The molecular formula is C15H22N4. The van der Waals surface area contributed by atoms with Crippen LogP contribution in [0, 0.1) is 0 Å². The van der Waals surface area contributed by atoms with Crippen LogP contribution < -0.4 is 5.32 Å². The first-order valence-corrected chi connectivity index (χ1v) is 6.82. The molecule has 1 unspecified atom stereocenters. The third kappa shape index (κ3) is 3.41. The molecule has 0 aliphatic rings. The van der Waals surface area contributed by atoms with Gasteiger partial charge in [-0.2, -0.15) is 5.10 Å². The number of nitrogens with zero attached hydrogens (tertiary/aromatic N) is 3. The molecule has 19 heavy (non-hydrogen) atoms. The van der Waals surface area contributed by atoms with E-state index in [0.717, 1.165) is 19.3 Å². The van der Waals surface area contributed by atoms with Gasteiger partial charge in [-0.1, -0.05) is 6.92 Å². The SMILES string of the molecule is CCc1cnccc1C(CCc1cnn(C)c1)NC. The summed E-state index contributed by atoms with van der Waals surface area (Å²) in [5, 5.41) is 7.63. The van der Waals surface area contributed by atoms with Crippen molar-refractivity contribution in [3.8, 4) is 0 Å². The van der Waals surface area contributed by atoms with Gasteiger partial charge in [-0.15, -0.1) is 0 Å². The molecule has 1 N–H and O–H groups in total. The molecule has 2 heterocycles. The minimum atomic E-state index is 0.373. The zero-order valence-electron chi connectivity index (χ0n) is 11.9. The van der Waals surface area contributed by atoms with Gasteiger partial charge in [0.15, 0.2) is 0 Å². The van der Waals surface area contributed by atoms with Gasteiger partial charge in [-0.25, -0.2) is 0 Å². The topological polar surface area (TPSA) is 42.7 Å². The number of aryl methyl sites for hydroxylation is 3. The van der Waals surface area contributed by atoms with Crippen LogP contribution in [0.4, 0.5) is 0 Å². The van der Waals surface area contributed by atoms with Gasteiger partial charge in [-0.3, -0.25) is 9.67 Å². The Bertz CT molecular complexity index is 518. The molecule has 2 aromatic rings. The molecule has 4 heteroatoms. The molecule has 0 aliphatic heterocycles. The fourth-order valence-corrected chi connectivity index (χ4v) is 2.44. The van der Waals surface area contributed by atoms with Crippen LogP contribution in [-0.2, 0) is 19.9 Å². The summed E-state index contributed by atoms with van der Waals surface area (Å²) in [4.78, 5) is 4.21. The van der Waals surface area contributed by atoms with Crippen LogP contribution >= 0.6 is 0 Å². The van der Waals surface area contributed by atoms with E-state index >= 15 is 0 Å². The van der Waals surface area contributed by atoms with Gasteiger partial charge in [0.05, 0.1) is 6.20 Å². The quantitative estimate of drug-likeness (QED) is 0.864. The van der Waals surface area contributed by atoms with Gasteiger partial charge in [-0.05, 0) is 49.1 Å². The normalized spacial score (nSPS) is 12.6. The van der Waals surface area contributed by atoms with E-state index < -0.39 is 0 Å². The minimum Gasteiger partial charge on any atom is -0.313 e. The molecule has 102 valence electrons.